The van der Waals surface area contributed by atoms with E-state index >= 15 is 0 Å². The van der Waals surface area contributed by atoms with Crippen molar-refractivity contribution in [2.75, 3.05) is 24.9 Å². The van der Waals surface area contributed by atoms with Gasteiger partial charge in [0, 0.05) is 0 Å². The zero-order valence-electron chi connectivity index (χ0n) is 12.9. The number of methoxy groups -OCH3 is 2. The van der Waals surface area contributed by atoms with Crippen LogP contribution >= 0.6 is 0 Å². The molecule has 0 spiro atoms. The number of rotatable bonds is 6. The van der Waals surface area contributed by atoms with Crippen LogP contribution in [-0.4, -0.2) is 26.2 Å². The quantitative estimate of drug-likeness (QED) is 0.860. The first-order valence-corrected chi connectivity index (χ1v) is 6.99. The van der Waals surface area contributed by atoms with Crippen LogP contribution in [0.4, 0.5) is 11.4 Å². The lowest BCUT2D eigenvalue weighted by atomic mass is 10.2. The van der Waals surface area contributed by atoms with Crippen molar-refractivity contribution < 1.29 is 14.3 Å². The van der Waals surface area contributed by atoms with Crippen LogP contribution in [0.3, 0.4) is 0 Å². The van der Waals surface area contributed by atoms with E-state index in [0.29, 0.717) is 17.2 Å². The number of nitrogens with one attached hydrogen (secondary N) is 2. The molecule has 5 nitrogen and oxygen atoms in total. The molecule has 0 aliphatic rings. The van der Waals surface area contributed by atoms with Crippen molar-refractivity contribution in [3.05, 3.63) is 48.5 Å². The van der Waals surface area contributed by atoms with Crippen molar-refractivity contribution in [2.45, 2.75) is 13.0 Å². The molecular weight excluding hydrogens is 280 g/mol. The number of amides is 1. The zero-order valence-corrected chi connectivity index (χ0v) is 12.9. The van der Waals surface area contributed by atoms with E-state index < -0.39 is 6.04 Å². The van der Waals surface area contributed by atoms with Gasteiger partial charge in [-0.2, -0.15) is 0 Å². The molecule has 0 fully saturated rings. The van der Waals surface area contributed by atoms with Gasteiger partial charge in [0.05, 0.1) is 25.6 Å². The molecule has 2 rings (SSSR count). The van der Waals surface area contributed by atoms with Gasteiger partial charge in [0.25, 0.3) is 0 Å². The highest BCUT2D eigenvalue weighted by molar-refractivity contribution is 5.97. The van der Waals surface area contributed by atoms with Crippen LogP contribution < -0.4 is 20.1 Å². The largest absolute Gasteiger partial charge is 0.495 e. The zero-order chi connectivity index (χ0) is 15.9. The SMILES string of the molecule is COc1ccccc1NC(=O)C(C)Nc1ccccc1OC. The van der Waals surface area contributed by atoms with Crippen molar-refractivity contribution >= 4 is 17.3 Å². The Bertz CT molecular complexity index is 643. The molecule has 116 valence electrons. The van der Waals surface area contributed by atoms with Gasteiger partial charge in [0.2, 0.25) is 5.91 Å². The Morgan fingerprint density at radius 2 is 1.41 bits per heavy atom. The van der Waals surface area contributed by atoms with Gasteiger partial charge in [0.1, 0.15) is 17.5 Å². The minimum Gasteiger partial charge on any atom is -0.495 e. The molecule has 2 aromatic rings. The number of hydrogen-bond acceptors (Lipinski definition) is 4. The molecule has 0 aromatic heterocycles. The van der Waals surface area contributed by atoms with Crippen molar-refractivity contribution in [2.24, 2.45) is 0 Å². The van der Waals surface area contributed by atoms with Crippen LogP contribution in [-0.2, 0) is 4.79 Å². The maximum atomic E-state index is 12.3. The molecule has 0 saturated carbocycles. The first kappa shape index (κ1) is 15.7. The average Bonchev–Trinajstić information content (AvgIpc) is 2.55. The number of benzene rings is 2. The Balaban J connectivity index is 2.06. The van der Waals surface area contributed by atoms with Gasteiger partial charge >= 0.3 is 0 Å². The molecule has 0 aliphatic heterocycles. The second kappa shape index (κ2) is 7.36. The van der Waals surface area contributed by atoms with Gasteiger partial charge in [-0.3, -0.25) is 4.79 Å². The second-order valence-corrected chi connectivity index (χ2v) is 4.76. The summed E-state index contributed by atoms with van der Waals surface area (Å²) in [6, 6.07) is 14.3. The molecule has 0 aliphatic carbocycles. The molecule has 5 heteroatoms. The van der Waals surface area contributed by atoms with E-state index in [0.717, 1.165) is 5.69 Å². The summed E-state index contributed by atoms with van der Waals surface area (Å²) in [5.41, 5.74) is 1.41. The van der Waals surface area contributed by atoms with E-state index in [-0.39, 0.29) is 5.91 Å². The summed E-state index contributed by atoms with van der Waals surface area (Å²) >= 11 is 0. The highest BCUT2D eigenvalue weighted by Gasteiger charge is 2.16. The van der Waals surface area contributed by atoms with Gasteiger partial charge in [0.15, 0.2) is 0 Å². The molecule has 22 heavy (non-hydrogen) atoms. The number of anilines is 2. The van der Waals surface area contributed by atoms with Crippen LogP contribution in [0.1, 0.15) is 6.92 Å². The van der Waals surface area contributed by atoms with Crippen molar-refractivity contribution in [1.29, 1.82) is 0 Å². The van der Waals surface area contributed by atoms with Crippen molar-refractivity contribution in [1.82, 2.24) is 0 Å². The molecule has 0 heterocycles. The minimum absolute atomic E-state index is 0.157. The Labute approximate surface area is 130 Å². The Morgan fingerprint density at radius 1 is 0.909 bits per heavy atom. The predicted molar refractivity (Wildman–Crippen MR) is 87.7 cm³/mol. The fourth-order valence-corrected chi connectivity index (χ4v) is 2.05. The third-order valence-corrected chi connectivity index (χ3v) is 3.24. The van der Waals surface area contributed by atoms with Crippen LogP contribution in [0, 0.1) is 0 Å². The number of carbonyl (C=O) groups is 1. The summed E-state index contributed by atoms with van der Waals surface area (Å²) in [7, 11) is 3.17. The van der Waals surface area contributed by atoms with Gasteiger partial charge in [-0.15, -0.1) is 0 Å². The molecule has 0 saturated heterocycles. The van der Waals surface area contributed by atoms with Gasteiger partial charge in [-0.25, -0.2) is 0 Å². The first-order valence-electron chi connectivity index (χ1n) is 6.99. The molecular formula is C17H20N2O3. The fourth-order valence-electron chi connectivity index (χ4n) is 2.05. The van der Waals surface area contributed by atoms with E-state index in [1.165, 1.54) is 0 Å². The standard InChI is InChI=1S/C17H20N2O3/c1-12(18-13-8-4-6-10-15(13)21-2)17(20)19-14-9-5-7-11-16(14)22-3/h4-12,18H,1-3H3,(H,19,20). The smallest absolute Gasteiger partial charge is 0.246 e. The molecule has 2 aromatic carbocycles. The summed E-state index contributed by atoms with van der Waals surface area (Å²) in [6.45, 7) is 1.79. The van der Waals surface area contributed by atoms with Crippen LogP contribution in [0.2, 0.25) is 0 Å². The van der Waals surface area contributed by atoms with Gasteiger partial charge in [-0.05, 0) is 31.2 Å². The molecule has 0 bridgehead atoms. The summed E-state index contributed by atoms with van der Waals surface area (Å²) in [5, 5.41) is 5.99. The van der Waals surface area contributed by atoms with E-state index in [2.05, 4.69) is 10.6 Å². The summed E-state index contributed by atoms with van der Waals surface area (Å²) in [6.07, 6.45) is 0. The normalized spacial score (nSPS) is 11.4. The van der Waals surface area contributed by atoms with Crippen molar-refractivity contribution in [3.63, 3.8) is 0 Å². The van der Waals surface area contributed by atoms with E-state index in [4.69, 9.17) is 9.47 Å². The average molecular weight is 300 g/mol. The minimum atomic E-state index is -0.429. The molecule has 1 unspecified atom stereocenters. The maximum Gasteiger partial charge on any atom is 0.246 e. The van der Waals surface area contributed by atoms with Crippen molar-refractivity contribution in [3.8, 4) is 11.5 Å². The number of hydrogen-bond donors (Lipinski definition) is 2. The summed E-state index contributed by atoms with van der Waals surface area (Å²) in [4.78, 5) is 12.3. The lowest BCUT2D eigenvalue weighted by Crippen LogP contribution is -2.32. The second-order valence-electron chi connectivity index (χ2n) is 4.76. The van der Waals surface area contributed by atoms with Gasteiger partial charge < -0.3 is 20.1 Å². The highest BCUT2D eigenvalue weighted by Crippen LogP contribution is 2.25. The third kappa shape index (κ3) is 3.69. The molecule has 1 amide bonds. The third-order valence-electron chi connectivity index (χ3n) is 3.24. The summed E-state index contributed by atoms with van der Waals surface area (Å²) < 4.78 is 10.5. The Hall–Kier alpha value is -2.69. The number of carbonyl (C=O) groups excluding carboxylic acids is 1. The van der Waals surface area contributed by atoms with Crippen LogP contribution in [0.25, 0.3) is 0 Å². The van der Waals surface area contributed by atoms with Gasteiger partial charge in [-0.1, -0.05) is 24.3 Å². The number of ether oxygens (including phenoxy) is 2. The topological polar surface area (TPSA) is 59.6 Å². The lowest BCUT2D eigenvalue weighted by molar-refractivity contribution is -0.116. The van der Waals surface area contributed by atoms with Crippen LogP contribution in [0.15, 0.2) is 48.5 Å². The number of para-hydroxylation sites is 4. The Morgan fingerprint density at radius 3 is 2.00 bits per heavy atom. The predicted octanol–water partition coefficient (Wildman–Crippen LogP) is 3.14. The first-order chi connectivity index (χ1) is 10.7. The Kier molecular flexibility index (Phi) is 5.25. The molecule has 1 atom stereocenters. The van der Waals surface area contributed by atoms with E-state index in [1.807, 2.05) is 36.4 Å². The monoisotopic (exact) mass is 300 g/mol. The highest BCUT2D eigenvalue weighted by atomic mass is 16.5. The van der Waals surface area contributed by atoms with Crippen LogP contribution in [0.5, 0.6) is 11.5 Å². The summed E-state index contributed by atoms with van der Waals surface area (Å²) in [5.74, 6) is 1.16. The maximum absolute atomic E-state index is 12.3. The fraction of sp³-hybridized carbons (Fsp3) is 0.235. The molecule has 0 radical (unpaired) electrons. The van der Waals surface area contributed by atoms with E-state index in [1.54, 1.807) is 33.3 Å². The van der Waals surface area contributed by atoms with E-state index in [9.17, 15) is 4.79 Å². The lowest BCUT2D eigenvalue weighted by Gasteiger charge is -2.18. The molecule has 2 N–H and O–H groups in total.